The largest absolute Gasteiger partial charge is 0.394 e. The maximum atomic E-state index is 9.26. The highest BCUT2D eigenvalue weighted by molar-refractivity contribution is 7.98. The number of hydrogen-bond donors (Lipinski definition) is 2. The molecule has 2 N–H and O–H groups in total. The van der Waals surface area contributed by atoms with Crippen molar-refractivity contribution in [1.82, 2.24) is 9.78 Å². The topological polar surface area (TPSA) is 58.3 Å². The number of thioether (sulfide) groups is 1. The zero-order valence-corrected chi connectivity index (χ0v) is 10.5. The Kier molecular flexibility index (Phi) is 4.04. The molecule has 0 saturated heterocycles. The van der Waals surface area contributed by atoms with Gasteiger partial charge in [-0.2, -0.15) is 16.9 Å². The predicted octanol–water partition coefficient (Wildman–Crippen LogP) is 1.16. The Bertz CT molecular complexity index is 498. The molecule has 2 aromatic rings. The fraction of sp³-hybridized carbons (Fsp3) is 0.417. The zero-order chi connectivity index (χ0) is 12.3. The number of aromatic nitrogens is 2. The number of aliphatic hydroxyl groups is 2. The van der Waals surface area contributed by atoms with Crippen molar-refractivity contribution < 1.29 is 10.2 Å². The summed E-state index contributed by atoms with van der Waals surface area (Å²) >= 11 is 1.58. The molecule has 0 aliphatic rings. The molecule has 1 heterocycles. The van der Waals surface area contributed by atoms with Crippen molar-refractivity contribution in [2.75, 3.05) is 12.4 Å². The predicted molar refractivity (Wildman–Crippen MR) is 70.0 cm³/mol. The van der Waals surface area contributed by atoms with Gasteiger partial charge in [-0.3, -0.25) is 4.68 Å². The van der Waals surface area contributed by atoms with E-state index >= 15 is 0 Å². The van der Waals surface area contributed by atoms with Crippen LogP contribution in [0.4, 0.5) is 0 Å². The molecule has 2 rings (SSSR count). The number of benzene rings is 1. The zero-order valence-electron chi connectivity index (χ0n) is 9.71. The SMILES string of the molecule is Cn1nc(CSCC(O)CO)c2ccccc21. The highest BCUT2D eigenvalue weighted by atomic mass is 32.2. The summed E-state index contributed by atoms with van der Waals surface area (Å²) in [5, 5.41) is 23.6. The molecule has 0 bridgehead atoms. The third-order valence-electron chi connectivity index (χ3n) is 2.59. The van der Waals surface area contributed by atoms with E-state index in [2.05, 4.69) is 11.2 Å². The van der Waals surface area contributed by atoms with Crippen LogP contribution < -0.4 is 0 Å². The molecule has 1 aromatic carbocycles. The first-order chi connectivity index (χ1) is 8.22. The number of para-hydroxylation sites is 1. The van der Waals surface area contributed by atoms with E-state index in [1.165, 1.54) is 0 Å². The van der Waals surface area contributed by atoms with Crippen molar-refractivity contribution in [3.63, 3.8) is 0 Å². The smallest absolute Gasteiger partial charge is 0.0861 e. The number of rotatable bonds is 5. The molecule has 92 valence electrons. The minimum Gasteiger partial charge on any atom is -0.394 e. The summed E-state index contributed by atoms with van der Waals surface area (Å²) < 4.78 is 1.87. The van der Waals surface area contributed by atoms with E-state index < -0.39 is 6.10 Å². The van der Waals surface area contributed by atoms with Gasteiger partial charge in [0.1, 0.15) is 0 Å². The van der Waals surface area contributed by atoms with Crippen LogP contribution in [0, 0.1) is 0 Å². The molecular formula is C12H16N2O2S. The van der Waals surface area contributed by atoms with Crippen molar-refractivity contribution in [2.24, 2.45) is 7.05 Å². The Morgan fingerprint density at radius 1 is 1.41 bits per heavy atom. The van der Waals surface area contributed by atoms with Crippen molar-refractivity contribution in [1.29, 1.82) is 0 Å². The van der Waals surface area contributed by atoms with Gasteiger partial charge in [-0.25, -0.2) is 0 Å². The Morgan fingerprint density at radius 2 is 2.18 bits per heavy atom. The van der Waals surface area contributed by atoms with Crippen LogP contribution in [0.2, 0.25) is 0 Å². The summed E-state index contributed by atoms with van der Waals surface area (Å²) in [6.07, 6.45) is -0.644. The van der Waals surface area contributed by atoms with Gasteiger partial charge in [-0.15, -0.1) is 0 Å². The minimum absolute atomic E-state index is 0.185. The van der Waals surface area contributed by atoms with Crippen LogP contribution in [-0.4, -0.2) is 38.5 Å². The molecule has 5 heteroatoms. The summed E-state index contributed by atoms with van der Waals surface area (Å²) in [6.45, 7) is -0.185. The fourth-order valence-electron chi connectivity index (χ4n) is 1.74. The Hall–Kier alpha value is -1.04. The molecule has 0 aliphatic carbocycles. The molecule has 0 saturated carbocycles. The van der Waals surface area contributed by atoms with Crippen LogP contribution in [0.25, 0.3) is 10.9 Å². The number of aliphatic hydroxyl groups excluding tert-OH is 2. The lowest BCUT2D eigenvalue weighted by atomic mass is 10.2. The molecular weight excluding hydrogens is 236 g/mol. The molecule has 0 radical (unpaired) electrons. The van der Waals surface area contributed by atoms with Crippen molar-refractivity contribution >= 4 is 22.7 Å². The van der Waals surface area contributed by atoms with E-state index in [0.29, 0.717) is 5.75 Å². The van der Waals surface area contributed by atoms with Gasteiger partial charge in [0.15, 0.2) is 0 Å². The third-order valence-corrected chi connectivity index (χ3v) is 3.69. The molecule has 0 aliphatic heterocycles. The summed E-state index contributed by atoms with van der Waals surface area (Å²) in [6, 6.07) is 8.09. The first kappa shape index (κ1) is 12.4. The minimum atomic E-state index is -0.644. The van der Waals surface area contributed by atoms with Gasteiger partial charge in [0.05, 0.1) is 23.9 Å². The number of aryl methyl sites for hydroxylation is 1. The van der Waals surface area contributed by atoms with Crippen molar-refractivity contribution in [2.45, 2.75) is 11.9 Å². The Labute approximate surface area is 104 Å². The van der Waals surface area contributed by atoms with Crippen LogP contribution in [0.3, 0.4) is 0 Å². The third kappa shape index (κ3) is 2.80. The Morgan fingerprint density at radius 3 is 2.94 bits per heavy atom. The van der Waals surface area contributed by atoms with Gasteiger partial charge in [-0.05, 0) is 6.07 Å². The monoisotopic (exact) mass is 252 g/mol. The second kappa shape index (κ2) is 5.53. The fourth-order valence-corrected chi connectivity index (χ4v) is 2.64. The van der Waals surface area contributed by atoms with Crippen LogP contribution in [-0.2, 0) is 12.8 Å². The van der Waals surface area contributed by atoms with E-state index in [-0.39, 0.29) is 6.61 Å². The van der Waals surface area contributed by atoms with Gasteiger partial charge < -0.3 is 10.2 Å². The van der Waals surface area contributed by atoms with E-state index in [4.69, 9.17) is 5.11 Å². The number of nitrogens with zero attached hydrogens (tertiary/aromatic N) is 2. The second-order valence-electron chi connectivity index (χ2n) is 3.94. The maximum Gasteiger partial charge on any atom is 0.0861 e. The van der Waals surface area contributed by atoms with Crippen LogP contribution in [0.15, 0.2) is 24.3 Å². The van der Waals surface area contributed by atoms with Crippen LogP contribution in [0.5, 0.6) is 0 Å². The molecule has 4 nitrogen and oxygen atoms in total. The highest BCUT2D eigenvalue weighted by Crippen LogP contribution is 2.21. The van der Waals surface area contributed by atoms with Crippen LogP contribution in [0.1, 0.15) is 5.69 Å². The average molecular weight is 252 g/mol. The first-order valence-corrected chi connectivity index (χ1v) is 6.65. The van der Waals surface area contributed by atoms with Gasteiger partial charge >= 0.3 is 0 Å². The standard InChI is InChI=1S/C12H16N2O2S/c1-14-12-5-3-2-4-10(12)11(13-14)8-17-7-9(16)6-15/h2-5,9,15-16H,6-8H2,1H3. The molecule has 17 heavy (non-hydrogen) atoms. The molecule has 0 spiro atoms. The van der Waals surface area contributed by atoms with E-state index in [1.807, 2.05) is 29.9 Å². The lowest BCUT2D eigenvalue weighted by Gasteiger charge is -2.04. The van der Waals surface area contributed by atoms with Gasteiger partial charge in [0.25, 0.3) is 0 Å². The molecule has 1 unspecified atom stereocenters. The summed E-state index contributed by atoms with van der Waals surface area (Å²) in [7, 11) is 1.93. The summed E-state index contributed by atoms with van der Waals surface area (Å²) in [5.74, 6) is 1.28. The van der Waals surface area contributed by atoms with E-state index in [0.717, 1.165) is 22.3 Å². The van der Waals surface area contributed by atoms with Gasteiger partial charge in [0, 0.05) is 23.9 Å². The van der Waals surface area contributed by atoms with Crippen LogP contribution >= 0.6 is 11.8 Å². The first-order valence-electron chi connectivity index (χ1n) is 5.49. The molecule has 0 amide bonds. The van der Waals surface area contributed by atoms with Crippen molar-refractivity contribution in [3.05, 3.63) is 30.0 Å². The maximum absolute atomic E-state index is 9.26. The average Bonchev–Trinajstić information content (AvgIpc) is 2.67. The van der Waals surface area contributed by atoms with E-state index in [9.17, 15) is 5.11 Å². The molecule has 1 atom stereocenters. The Balaban J connectivity index is 2.09. The second-order valence-corrected chi connectivity index (χ2v) is 4.97. The van der Waals surface area contributed by atoms with Crippen molar-refractivity contribution in [3.8, 4) is 0 Å². The molecule has 0 fully saturated rings. The van der Waals surface area contributed by atoms with Gasteiger partial charge in [0.2, 0.25) is 0 Å². The summed E-state index contributed by atoms with van der Waals surface area (Å²) in [4.78, 5) is 0. The lowest BCUT2D eigenvalue weighted by Crippen LogP contribution is -2.14. The normalized spacial score (nSPS) is 13.1. The molecule has 1 aromatic heterocycles. The van der Waals surface area contributed by atoms with Gasteiger partial charge in [-0.1, -0.05) is 18.2 Å². The lowest BCUT2D eigenvalue weighted by molar-refractivity contribution is 0.113. The highest BCUT2D eigenvalue weighted by Gasteiger charge is 2.09. The summed E-state index contributed by atoms with van der Waals surface area (Å²) in [5.41, 5.74) is 2.14. The quantitative estimate of drug-likeness (QED) is 0.838. The number of hydrogen-bond acceptors (Lipinski definition) is 4. The van der Waals surface area contributed by atoms with E-state index in [1.54, 1.807) is 11.8 Å². The number of fused-ring (bicyclic) bond motifs is 1.